The van der Waals surface area contributed by atoms with Crippen molar-refractivity contribution in [2.75, 3.05) is 31.5 Å². The number of para-hydroxylation sites is 1. The molecule has 1 N–H and O–H groups in total. The third kappa shape index (κ3) is 7.97. The minimum Gasteiger partial charge on any atom is -0.354 e. The van der Waals surface area contributed by atoms with Crippen molar-refractivity contribution in [2.45, 2.75) is 32.4 Å². The van der Waals surface area contributed by atoms with Gasteiger partial charge in [0.1, 0.15) is 12.6 Å². The van der Waals surface area contributed by atoms with Crippen molar-refractivity contribution in [1.29, 1.82) is 0 Å². The lowest BCUT2D eigenvalue weighted by molar-refractivity contribution is -0.140. The van der Waals surface area contributed by atoms with E-state index in [9.17, 15) is 18.0 Å². The van der Waals surface area contributed by atoms with Crippen molar-refractivity contribution in [3.8, 4) is 0 Å². The molecule has 0 aliphatic carbocycles. The number of nitrogens with one attached hydrogen (secondary N) is 1. The fourth-order valence-electron chi connectivity index (χ4n) is 4.08. The predicted octanol–water partition coefficient (Wildman–Crippen LogP) is 4.77. The maximum absolute atomic E-state index is 14.2. The number of halogens is 2. The SMILES string of the molecule is CCCNC(=O)C(Cc1ccccc1)N(Cc1c(Cl)cccc1Cl)C(=O)CN(c1ccccc1)S(=O)(=O)N(C)C. The van der Waals surface area contributed by atoms with Crippen LogP contribution >= 0.6 is 23.2 Å². The molecule has 40 heavy (non-hydrogen) atoms. The van der Waals surface area contributed by atoms with Crippen LogP contribution < -0.4 is 9.62 Å². The molecule has 11 heteroatoms. The summed E-state index contributed by atoms with van der Waals surface area (Å²) in [5.41, 5.74) is 1.61. The zero-order valence-electron chi connectivity index (χ0n) is 22.8. The molecule has 0 fully saturated rings. The molecule has 3 aromatic carbocycles. The van der Waals surface area contributed by atoms with Gasteiger partial charge in [-0.1, -0.05) is 84.7 Å². The Bertz CT molecular complexity index is 1370. The first-order valence-electron chi connectivity index (χ1n) is 12.9. The van der Waals surface area contributed by atoms with Crippen LogP contribution in [0.25, 0.3) is 0 Å². The molecule has 0 aromatic heterocycles. The van der Waals surface area contributed by atoms with Gasteiger partial charge in [0, 0.05) is 49.2 Å². The first-order valence-corrected chi connectivity index (χ1v) is 15.0. The zero-order valence-corrected chi connectivity index (χ0v) is 25.1. The summed E-state index contributed by atoms with van der Waals surface area (Å²) in [6.45, 7) is 1.71. The molecular weight excluding hydrogens is 571 g/mol. The Balaban J connectivity index is 2.11. The van der Waals surface area contributed by atoms with E-state index in [1.54, 1.807) is 48.5 Å². The highest BCUT2D eigenvalue weighted by Gasteiger charge is 2.35. The first-order chi connectivity index (χ1) is 19.1. The summed E-state index contributed by atoms with van der Waals surface area (Å²) in [7, 11) is -1.27. The van der Waals surface area contributed by atoms with Crippen molar-refractivity contribution in [3.05, 3.63) is 100 Å². The molecule has 0 radical (unpaired) electrons. The highest BCUT2D eigenvalue weighted by molar-refractivity contribution is 7.90. The fourth-order valence-corrected chi connectivity index (χ4v) is 5.66. The van der Waals surface area contributed by atoms with Gasteiger partial charge in [0.15, 0.2) is 0 Å². The van der Waals surface area contributed by atoms with Crippen LogP contribution in [0.3, 0.4) is 0 Å². The van der Waals surface area contributed by atoms with Crippen LogP contribution in [0.15, 0.2) is 78.9 Å². The molecular formula is C29H34Cl2N4O4S. The summed E-state index contributed by atoms with van der Waals surface area (Å²) in [5, 5.41) is 3.56. The van der Waals surface area contributed by atoms with E-state index in [4.69, 9.17) is 23.2 Å². The van der Waals surface area contributed by atoms with Gasteiger partial charge < -0.3 is 10.2 Å². The smallest absolute Gasteiger partial charge is 0.304 e. The summed E-state index contributed by atoms with van der Waals surface area (Å²) in [6.07, 6.45) is 0.910. The van der Waals surface area contributed by atoms with Crippen LogP contribution in [0, 0.1) is 0 Å². The molecule has 0 aliphatic heterocycles. The Kier molecular flexibility index (Phi) is 11.4. The summed E-state index contributed by atoms with van der Waals surface area (Å²) in [6, 6.07) is 21.7. The molecule has 214 valence electrons. The third-order valence-electron chi connectivity index (χ3n) is 6.27. The number of hydrogen-bond donors (Lipinski definition) is 1. The topological polar surface area (TPSA) is 90.0 Å². The minimum atomic E-state index is -4.06. The van der Waals surface area contributed by atoms with Gasteiger partial charge in [-0.2, -0.15) is 12.7 Å². The molecule has 0 bridgehead atoms. The molecule has 1 atom stereocenters. The Labute approximate surface area is 246 Å². The summed E-state index contributed by atoms with van der Waals surface area (Å²) in [5.74, 6) is -0.943. The number of anilines is 1. The second-order valence-corrected chi connectivity index (χ2v) is 12.2. The Morgan fingerprint density at radius 2 is 1.45 bits per heavy atom. The average molecular weight is 606 g/mol. The molecule has 0 spiro atoms. The van der Waals surface area contributed by atoms with Crippen LogP contribution in [0.5, 0.6) is 0 Å². The summed E-state index contributed by atoms with van der Waals surface area (Å²) < 4.78 is 28.8. The van der Waals surface area contributed by atoms with Crippen molar-refractivity contribution in [1.82, 2.24) is 14.5 Å². The lowest BCUT2D eigenvalue weighted by Crippen LogP contribution is -2.54. The van der Waals surface area contributed by atoms with Crippen LogP contribution in [-0.4, -0.2) is 62.7 Å². The van der Waals surface area contributed by atoms with E-state index in [0.29, 0.717) is 34.3 Å². The van der Waals surface area contributed by atoms with Gasteiger partial charge in [-0.3, -0.25) is 9.59 Å². The quantitative estimate of drug-likeness (QED) is 0.304. The van der Waals surface area contributed by atoms with Gasteiger partial charge in [-0.25, -0.2) is 4.31 Å². The van der Waals surface area contributed by atoms with Gasteiger partial charge in [0.2, 0.25) is 11.8 Å². The van der Waals surface area contributed by atoms with Crippen molar-refractivity contribution in [3.63, 3.8) is 0 Å². The van der Waals surface area contributed by atoms with E-state index >= 15 is 0 Å². The van der Waals surface area contributed by atoms with E-state index < -0.39 is 28.7 Å². The first kappa shape index (κ1) is 31.4. The van der Waals surface area contributed by atoms with Crippen molar-refractivity contribution >= 4 is 50.9 Å². The molecule has 0 aliphatic rings. The number of amides is 2. The van der Waals surface area contributed by atoms with Crippen molar-refractivity contribution in [2.24, 2.45) is 0 Å². The highest BCUT2D eigenvalue weighted by atomic mass is 35.5. The summed E-state index contributed by atoms with van der Waals surface area (Å²) in [4.78, 5) is 29.1. The molecule has 8 nitrogen and oxygen atoms in total. The number of hydrogen-bond acceptors (Lipinski definition) is 4. The van der Waals surface area contributed by atoms with Crippen molar-refractivity contribution < 1.29 is 18.0 Å². The maximum Gasteiger partial charge on any atom is 0.304 e. The number of rotatable bonds is 13. The van der Waals surface area contributed by atoms with Crippen LogP contribution in [0.2, 0.25) is 10.0 Å². The molecule has 3 aromatic rings. The largest absolute Gasteiger partial charge is 0.354 e. The summed E-state index contributed by atoms with van der Waals surface area (Å²) >= 11 is 13.0. The van der Waals surface area contributed by atoms with Gasteiger partial charge >= 0.3 is 10.2 Å². The van der Waals surface area contributed by atoms with Crippen LogP contribution in [0.4, 0.5) is 5.69 Å². The highest BCUT2D eigenvalue weighted by Crippen LogP contribution is 2.28. The van der Waals surface area contributed by atoms with Gasteiger partial charge in [0.25, 0.3) is 0 Å². The maximum atomic E-state index is 14.2. The Hall–Kier alpha value is -3.11. The standard InChI is InChI=1S/C29H34Cl2N4O4S/c1-4-18-32-29(37)27(19-22-12-7-5-8-13-22)34(20-24-25(30)16-11-17-26(24)31)28(36)21-35(40(38,39)33(2)3)23-14-9-6-10-15-23/h5-17,27H,4,18-21H2,1-3H3,(H,32,37). The zero-order chi connectivity index (χ0) is 29.3. The molecule has 1 unspecified atom stereocenters. The number of benzene rings is 3. The van der Waals surface area contributed by atoms with Crippen LogP contribution in [0.1, 0.15) is 24.5 Å². The van der Waals surface area contributed by atoms with Crippen LogP contribution in [-0.2, 0) is 32.8 Å². The normalized spacial score (nSPS) is 12.2. The number of carbonyl (C=O) groups excluding carboxylic acids is 2. The fraction of sp³-hybridized carbons (Fsp3) is 0.310. The van der Waals surface area contributed by atoms with Gasteiger partial charge in [-0.15, -0.1) is 0 Å². The second kappa shape index (κ2) is 14.5. The van der Waals surface area contributed by atoms with E-state index in [1.165, 1.54) is 19.0 Å². The number of carbonyl (C=O) groups is 2. The average Bonchev–Trinajstić information content (AvgIpc) is 2.94. The molecule has 3 rings (SSSR count). The lowest BCUT2D eigenvalue weighted by Gasteiger charge is -2.34. The molecule has 0 saturated heterocycles. The van der Waals surface area contributed by atoms with Gasteiger partial charge in [-0.05, 0) is 36.2 Å². The third-order valence-corrected chi connectivity index (χ3v) is 8.80. The van der Waals surface area contributed by atoms with E-state index in [-0.39, 0.29) is 18.9 Å². The molecule has 0 heterocycles. The van der Waals surface area contributed by atoms with E-state index in [1.807, 2.05) is 37.3 Å². The monoisotopic (exact) mass is 604 g/mol. The van der Waals surface area contributed by atoms with Gasteiger partial charge in [0.05, 0.1) is 5.69 Å². The van der Waals surface area contributed by atoms with E-state index in [0.717, 1.165) is 14.2 Å². The van der Waals surface area contributed by atoms with E-state index in [2.05, 4.69) is 5.32 Å². The second-order valence-electron chi connectivity index (χ2n) is 9.35. The Morgan fingerprint density at radius 1 is 0.875 bits per heavy atom. The predicted molar refractivity (Wildman–Crippen MR) is 161 cm³/mol. The lowest BCUT2D eigenvalue weighted by atomic mass is 10.0. The Morgan fingerprint density at radius 3 is 2.00 bits per heavy atom. The number of nitrogens with zero attached hydrogens (tertiary/aromatic N) is 3. The molecule has 0 saturated carbocycles. The minimum absolute atomic E-state index is 0.0982. The molecule has 2 amide bonds.